The highest BCUT2D eigenvalue weighted by Crippen LogP contribution is 2.39. The van der Waals surface area contributed by atoms with Crippen LogP contribution in [0, 0.1) is 5.82 Å². The number of rotatable bonds is 4. The summed E-state index contributed by atoms with van der Waals surface area (Å²) in [5.74, 6) is -0.270. The third kappa shape index (κ3) is 2.60. The van der Waals surface area contributed by atoms with Gasteiger partial charge in [0.15, 0.2) is 0 Å². The molecule has 0 spiro atoms. The summed E-state index contributed by atoms with van der Waals surface area (Å²) in [7, 11) is 0. The molecule has 0 fully saturated rings. The van der Waals surface area contributed by atoms with Gasteiger partial charge in [-0.2, -0.15) is 0 Å². The highest BCUT2D eigenvalue weighted by Gasteiger charge is 2.35. The SMILES string of the molecule is CC(C)NCC1(c2cccc(Cl)c2F)CC=CC1. The Morgan fingerprint density at radius 1 is 1.33 bits per heavy atom. The van der Waals surface area contributed by atoms with Crippen molar-refractivity contribution >= 4 is 11.6 Å². The van der Waals surface area contributed by atoms with Gasteiger partial charge in [-0.3, -0.25) is 0 Å². The van der Waals surface area contributed by atoms with Gasteiger partial charge in [0.1, 0.15) is 5.82 Å². The summed E-state index contributed by atoms with van der Waals surface area (Å²) in [6, 6.07) is 5.68. The molecule has 1 N–H and O–H groups in total. The van der Waals surface area contributed by atoms with E-state index >= 15 is 0 Å². The highest BCUT2D eigenvalue weighted by atomic mass is 35.5. The molecule has 1 aliphatic rings. The van der Waals surface area contributed by atoms with Gasteiger partial charge in [-0.1, -0.05) is 49.7 Å². The highest BCUT2D eigenvalue weighted by molar-refractivity contribution is 6.30. The molecular formula is C15H19ClFN. The van der Waals surface area contributed by atoms with Crippen LogP contribution in [0.1, 0.15) is 32.3 Å². The molecule has 0 amide bonds. The average molecular weight is 268 g/mol. The van der Waals surface area contributed by atoms with Crippen molar-refractivity contribution in [2.75, 3.05) is 6.54 Å². The molecule has 1 aromatic rings. The second-order valence-corrected chi connectivity index (χ2v) is 5.70. The smallest absolute Gasteiger partial charge is 0.145 e. The molecule has 0 bridgehead atoms. The van der Waals surface area contributed by atoms with E-state index < -0.39 is 0 Å². The molecular weight excluding hydrogens is 249 g/mol. The first-order chi connectivity index (χ1) is 8.55. The summed E-state index contributed by atoms with van der Waals surface area (Å²) in [6.07, 6.45) is 5.98. The molecule has 0 aliphatic heterocycles. The van der Waals surface area contributed by atoms with E-state index in [1.807, 2.05) is 12.1 Å². The normalized spacial score (nSPS) is 17.6. The minimum Gasteiger partial charge on any atom is -0.314 e. The number of hydrogen-bond acceptors (Lipinski definition) is 1. The first-order valence-electron chi connectivity index (χ1n) is 6.38. The Balaban J connectivity index is 2.32. The van der Waals surface area contributed by atoms with Gasteiger partial charge in [0.05, 0.1) is 5.02 Å². The van der Waals surface area contributed by atoms with Crippen molar-refractivity contribution in [1.29, 1.82) is 0 Å². The zero-order valence-corrected chi connectivity index (χ0v) is 11.6. The number of hydrogen-bond donors (Lipinski definition) is 1. The average Bonchev–Trinajstić information content (AvgIpc) is 2.80. The second-order valence-electron chi connectivity index (χ2n) is 5.30. The zero-order valence-electron chi connectivity index (χ0n) is 10.8. The fourth-order valence-corrected chi connectivity index (χ4v) is 2.65. The number of nitrogens with one attached hydrogen (secondary N) is 1. The maximum atomic E-state index is 14.2. The molecule has 0 saturated heterocycles. The quantitative estimate of drug-likeness (QED) is 0.811. The Morgan fingerprint density at radius 2 is 2.00 bits per heavy atom. The Hall–Kier alpha value is -0.860. The number of halogens is 2. The van der Waals surface area contributed by atoms with Crippen molar-refractivity contribution < 1.29 is 4.39 Å². The van der Waals surface area contributed by atoms with Crippen molar-refractivity contribution in [1.82, 2.24) is 5.32 Å². The van der Waals surface area contributed by atoms with Crippen molar-refractivity contribution in [2.45, 2.75) is 38.1 Å². The van der Waals surface area contributed by atoms with E-state index in [0.717, 1.165) is 24.9 Å². The molecule has 0 saturated carbocycles. The fourth-order valence-electron chi connectivity index (χ4n) is 2.47. The lowest BCUT2D eigenvalue weighted by molar-refractivity contribution is 0.383. The van der Waals surface area contributed by atoms with Crippen molar-refractivity contribution in [3.8, 4) is 0 Å². The van der Waals surface area contributed by atoms with E-state index in [9.17, 15) is 4.39 Å². The summed E-state index contributed by atoms with van der Waals surface area (Å²) in [5.41, 5.74) is 0.548. The first kappa shape index (κ1) is 13.6. The lowest BCUT2D eigenvalue weighted by atomic mass is 9.77. The summed E-state index contributed by atoms with van der Waals surface area (Å²) in [5, 5.41) is 3.64. The largest absolute Gasteiger partial charge is 0.314 e. The minimum atomic E-state index is -0.270. The Bertz CT molecular complexity index is 446. The Kier molecular flexibility index (Phi) is 4.08. The third-order valence-electron chi connectivity index (χ3n) is 3.56. The topological polar surface area (TPSA) is 12.0 Å². The molecule has 18 heavy (non-hydrogen) atoms. The van der Waals surface area contributed by atoms with Crippen LogP contribution in [0.15, 0.2) is 30.4 Å². The number of benzene rings is 1. The molecule has 2 rings (SSSR count). The van der Waals surface area contributed by atoms with Gasteiger partial charge in [0.25, 0.3) is 0 Å². The molecule has 0 radical (unpaired) electrons. The molecule has 1 nitrogen and oxygen atoms in total. The van der Waals surface area contributed by atoms with Gasteiger partial charge >= 0.3 is 0 Å². The second kappa shape index (κ2) is 5.41. The standard InChI is InChI=1S/C15H19ClFN/c1-11(2)18-10-15(8-3-4-9-15)12-6-5-7-13(16)14(12)17/h3-7,11,18H,8-10H2,1-2H3. The van der Waals surface area contributed by atoms with Gasteiger partial charge in [-0.05, 0) is 24.5 Å². The fraction of sp³-hybridized carbons (Fsp3) is 0.467. The third-order valence-corrected chi connectivity index (χ3v) is 3.85. The van der Waals surface area contributed by atoms with E-state index in [1.165, 1.54) is 0 Å². The van der Waals surface area contributed by atoms with Crippen LogP contribution >= 0.6 is 11.6 Å². The van der Waals surface area contributed by atoms with E-state index in [-0.39, 0.29) is 16.3 Å². The van der Waals surface area contributed by atoms with E-state index in [0.29, 0.717) is 6.04 Å². The van der Waals surface area contributed by atoms with Crippen LogP contribution in [0.4, 0.5) is 4.39 Å². The van der Waals surface area contributed by atoms with Gasteiger partial charge < -0.3 is 5.32 Å². The first-order valence-corrected chi connectivity index (χ1v) is 6.76. The van der Waals surface area contributed by atoms with Crippen LogP contribution in [0.5, 0.6) is 0 Å². The van der Waals surface area contributed by atoms with Gasteiger partial charge in [-0.25, -0.2) is 4.39 Å². The maximum absolute atomic E-state index is 14.2. The van der Waals surface area contributed by atoms with Crippen molar-refractivity contribution in [2.24, 2.45) is 0 Å². The lowest BCUT2D eigenvalue weighted by Crippen LogP contribution is -2.39. The lowest BCUT2D eigenvalue weighted by Gasteiger charge is -2.31. The summed E-state index contributed by atoms with van der Waals surface area (Å²) >= 11 is 5.90. The van der Waals surface area contributed by atoms with Gasteiger partial charge in [-0.15, -0.1) is 0 Å². The van der Waals surface area contributed by atoms with Crippen LogP contribution in [0.3, 0.4) is 0 Å². The van der Waals surface area contributed by atoms with Crippen LogP contribution in [-0.2, 0) is 5.41 Å². The number of allylic oxidation sites excluding steroid dienone is 2. The maximum Gasteiger partial charge on any atom is 0.145 e. The van der Waals surface area contributed by atoms with Crippen LogP contribution in [-0.4, -0.2) is 12.6 Å². The zero-order chi connectivity index (χ0) is 13.2. The monoisotopic (exact) mass is 267 g/mol. The predicted molar refractivity (Wildman–Crippen MR) is 74.6 cm³/mol. The molecule has 0 aromatic heterocycles. The minimum absolute atomic E-state index is 0.181. The summed E-state index contributed by atoms with van der Waals surface area (Å²) in [4.78, 5) is 0. The van der Waals surface area contributed by atoms with Crippen LogP contribution in [0.25, 0.3) is 0 Å². The molecule has 1 aliphatic carbocycles. The van der Waals surface area contributed by atoms with Crippen LogP contribution < -0.4 is 5.32 Å². The molecule has 0 heterocycles. The van der Waals surface area contributed by atoms with E-state index in [2.05, 4.69) is 31.3 Å². The summed E-state index contributed by atoms with van der Waals surface area (Å²) in [6.45, 7) is 4.98. The summed E-state index contributed by atoms with van der Waals surface area (Å²) < 4.78 is 14.2. The molecule has 1 aromatic carbocycles. The predicted octanol–water partition coefficient (Wildman–Crippen LogP) is 4.06. The van der Waals surface area contributed by atoms with E-state index in [4.69, 9.17) is 11.6 Å². The van der Waals surface area contributed by atoms with Gasteiger partial charge in [0, 0.05) is 18.0 Å². The van der Waals surface area contributed by atoms with Gasteiger partial charge in [0.2, 0.25) is 0 Å². The Morgan fingerprint density at radius 3 is 2.61 bits per heavy atom. The van der Waals surface area contributed by atoms with Crippen LogP contribution in [0.2, 0.25) is 5.02 Å². The Labute approximate surface area is 113 Å². The molecule has 3 heteroatoms. The molecule has 98 valence electrons. The molecule has 0 unspecified atom stereocenters. The van der Waals surface area contributed by atoms with Crippen molar-refractivity contribution in [3.63, 3.8) is 0 Å². The van der Waals surface area contributed by atoms with Crippen molar-refractivity contribution in [3.05, 3.63) is 46.8 Å². The van der Waals surface area contributed by atoms with E-state index in [1.54, 1.807) is 6.07 Å². The molecule has 0 atom stereocenters.